The molecule has 0 spiro atoms. The highest BCUT2D eigenvalue weighted by Gasteiger charge is 2.64. The van der Waals surface area contributed by atoms with E-state index in [1.807, 2.05) is 0 Å². The zero-order valence-corrected chi connectivity index (χ0v) is 14.3. The molecule has 4 aliphatic rings. The number of aliphatic hydroxyl groups is 1. The molecule has 0 saturated heterocycles. The summed E-state index contributed by atoms with van der Waals surface area (Å²) >= 11 is 0. The molecule has 4 aliphatic carbocycles. The van der Waals surface area contributed by atoms with Crippen molar-refractivity contribution in [2.75, 3.05) is 0 Å². The highest BCUT2D eigenvalue weighted by Crippen LogP contribution is 2.68. The fraction of sp³-hybridized carbons (Fsp3) is 0.950. The summed E-state index contributed by atoms with van der Waals surface area (Å²) < 4.78 is 0. The molecule has 4 rings (SSSR count). The first kappa shape index (κ1) is 15.0. The van der Waals surface area contributed by atoms with Crippen molar-refractivity contribution in [3.63, 3.8) is 0 Å². The number of fused-ring (bicyclic) bond motifs is 5. The smallest absolute Gasteiger partial charge is 0.156 e. The third-order valence-corrected chi connectivity index (χ3v) is 8.92. The van der Waals surface area contributed by atoms with Crippen LogP contribution in [0.3, 0.4) is 0 Å². The van der Waals surface area contributed by atoms with Gasteiger partial charge in [-0.2, -0.15) is 5.26 Å². The van der Waals surface area contributed by atoms with Gasteiger partial charge < -0.3 is 5.11 Å². The molecule has 0 aromatic rings. The topological polar surface area (TPSA) is 44.0 Å². The molecule has 0 aromatic carbocycles. The van der Waals surface area contributed by atoms with Crippen LogP contribution in [0.1, 0.15) is 78.1 Å². The van der Waals surface area contributed by atoms with Gasteiger partial charge >= 0.3 is 0 Å². The molecule has 1 N–H and O–H groups in total. The molecule has 7 unspecified atom stereocenters. The summed E-state index contributed by atoms with van der Waals surface area (Å²) in [5, 5.41) is 20.4. The van der Waals surface area contributed by atoms with E-state index < -0.39 is 5.60 Å². The molecule has 0 aliphatic heterocycles. The average molecular weight is 301 g/mol. The van der Waals surface area contributed by atoms with Crippen molar-refractivity contribution in [1.82, 2.24) is 0 Å². The number of nitrogens with zero attached hydrogens (tertiary/aromatic N) is 1. The van der Waals surface area contributed by atoms with Crippen LogP contribution < -0.4 is 0 Å². The molecule has 4 saturated carbocycles. The second kappa shape index (κ2) is 4.73. The van der Waals surface area contributed by atoms with Crippen molar-refractivity contribution in [3.05, 3.63) is 0 Å². The predicted octanol–water partition coefficient (Wildman–Crippen LogP) is 4.67. The third-order valence-electron chi connectivity index (χ3n) is 8.92. The van der Waals surface area contributed by atoms with Gasteiger partial charge in [0.2, 0.25) is 0 Å². The quantitative estimate of drug-likeness (QED) is 0.661. The Hall–Kier alpha value is -0.550. The van der Waals surface area contributed by atoms with Crippen molar-refractivity contribution in [2.24, 2.45) is 34.5 Å². The SMILES string of the molecule is CC12CCCCC1CCC1C2CCC2(C)C1CCC2(O)C#N. The first-order chi connectivity index (χ1) is 10.4. The lowest BCUT2D eigenvalue weighted by Gasteiger charge is -2.60. The van der Waals surface area contributed by atoms with Crippen molar-refractivity contribution < 1.29 is 5.11 Å². The molecular weight excluding hydrogens is 270 g/mol. The summed E-state index contributed by atoms with van der Waals surface area (Å²) in [4.78, 5) is 0. The predicted molar refractivity (Wildman–Crippen MR) is 86.9 cm³/mol. The summed E-state index contributed by atoms with van der Waals surface area (Å²) in [6.45, 7) is 4.81. The zero-order chi connectivity index (χ0) is 15.6. The van der Waals surface area contributed by atoms with Crippen LogP contribution in [-0.2, 0) is 0 Å². The maximum Gasteiger partial charge on any atom is 0.156 e. The largest absolute Gasteiger partial charge is 0.375 e. The lowest BCUT2D eigenvalue weighted by molar-refractivity contribution is -0.135. The van der Waals surface area contributed by atoms with Gasteiger partial charge in [-0.3, -0.25) is 0 Å². The van der Waals surface area contributed by atoms with E-state index in [0.29, 0.717) is 17.8 Å². The molecular formula is C20H31NO. The molecule has 2 nitrogen and oxygen atoms in total. The van der Waals surface area contributed by atoms with E-state index in [4.69, 9.17) is 0 Å². The summed E-state index contributed by atoms with van der Waals surface area (Å²) in [7, 11) is 0. The van der Waals surface area contributed by atoms with Gasteiger partial charge in [0, 0.05) is 5.41 Å². The van der Waals surface area contributed by atoms with Crippen LogP contribution in [0.5, 0.6) is 0 Å². The monoisotopic (exact) mass is 301 g/mol. The molecule has 7 atom stereocenters. The van der Waals surface area contributed by atoms with Crippen molar-refractivity contribution in [3.8, 4) is 6.07 Å². The van der Waals surface area contributed by atoms with Gasteiger partial charge in [0.15, 0.2) is 5.60 Å². The molecule has 0 bridgehead atoms. The van der Waals surface area contributed by atoms with Crippen LogP contribution in [-0.4, -0.2) is 10.7 Å². The van der Waals surface area contributed by atoms with Gasteiger partial charge in [0.1, 0.15) is 0 Å². The first-order valence-electron chi connectivity index (χ1n) is 9.58. The van der Waals surface area contributed by atoms with Gasteiger partial charge in [0.05, 0.1) is 6.07 Å². The average Bonchev–Trinajstić information content (AvgIpc) is 2.79. The lowest BCUT2D eigenvalue weighted by atomic mass is 9.44. The minimum Gasteiger partial charge on any atom is -0.375 e. The van der Waals surface area contributed by atoms with Crippen LogP contribution in [0.4, 0.5) is 0 Å². The Labute approximate surface area is 135 Å². The van der Waals surface area contributed by atoms with Gasteiger partial charge in [-0.25, -0.2) is 0 Å². The minimum atomic E-state index is -1.06. The second-order valence-corrected chi connectivity index (χ2v) is 9.37. The van der Waals surface area contributed by atoms with Gasteiger partial charge in [-0.05, 0) is 80.5 Å². The first-order valence-corrected chi connectivity index (χ1v) is 9.58. The minimum absolute atomic E-state index is 0.152. The standard InChI is InChI=1S/C20H31NO/c1-18-10-4-3-5-14(18)6-7-15-16(18)8-11-19(2)17(15)9-12-20(19,22)13-21/h14-17,22H,3-12H2,1-2H3. The van der Waals surface area contributed by atoms with Crippen LogP contribution in [0.15, 0.2) is 0 Å². The Balaban J connectivity index is 1.67. The number of nitriles is 1. The summed E-state index contributed by atoms with van der Waals surface area (Å²) in [5.41, 5.74) is -0.663. The summed E-state index contributed by atoms with van der Waals surface area (Å²) in [6, 6.07) is 2.30. The van der Waals surface area contributed by atoms with E-state index in [0.717, 1.165) is 30.6 Å². The second-order valence-electron chi connectivity index (χ2n) is 9.37. The van der Waals surface area contributed by atoms with Crippen LogP contribution >= 0.6 is 0 Å². The Morgan fingerprint density at radius 3 is 2.45 bits per heavy atom. The number of hydrogen-bond acceptors (Lipinski definition) is 2. The van der Waals surface area contributed by atoms with E-state index in [2.05, 4.69) is 19.9 Å². The van der Waals surface area contributed by atoms with Gasteiger partial charge in [-0.15, -0.1) is 0 Å². The van der Waals surface area contributed by atoms with Crippen LogP contribution in [0, 0.1) is 45.8 Å². The lowest BCUT2D eigenvalue weighted by Crippen LogP contribution is -2.55. The fourth-order valence-electron chi connectivity index (χ4n) is 7.49. The molecule has 122 valence electrons. The Morgan fingerprint density at radius 2 is 1.68 bits per heavy atom. The molecule has 2 heteroatoms. The van der Waals surface area contributed by atoms with E-state index >= 15 is 0 Å². The van der Waals surface area contributed by atoms with E-state index in [1.54, 1.807) is 0 Å². The van der Waals surface area contributed by atoms with E-state index in [9.17, 15) is 10.4 Å². The summed E-state index contributed by atoms with van der Waals surface area (Å²) in [5.74, 6) is 3.14. The Kier molecular flexibility index (Phi) is 3.22. The molecule has 0 heterocycles. The van der Waals surface area contributed by atoms with Crippen LogP contribution in [0.2, 0.25) is 0 Å². The molecule has 0 aromatic heterocycles. The molecule has 0 amide bonds. The number of hydrogen-bond donors (Lipinski definition) is 1. The highest BCUT2D eigenvalue weighted by atomic mass is 16.3. The fourth-order valence-corrected chi connectivity index (χ4v) is 7.49. The van der Waals surface area contributed by atoms with Gasteiger partial charge in [-0.1, -0.05) is 26.7 Å². The molecule has 0 radical (unpaired) electrons. The van der Waals surface area contributed by atoms with Crippen molar-refractivity contribution >= 4 is 0 Å². The summed E-state index contributed by atoms with van der Waals surface area (Å²) in [6.07, 6.45) is 12.6. The van der Waals surface area contributed by atoms with Crippen molar-refractivity contribution in [1.29, 1.82) is 5.26 Å². The Morgan fingerprint density at radius 1 is 0.909 bits per heavy atom. The van der Waals surface area contributed by atoms with Crippen LogP contribution in [0.25, 0.3) is 0 Å². The van der Waals surface area contributed by atoms with E-state index in [1.165, 1.54) is 44.9 Å². The third kappa shape index (κ3) is 1.70. The zero-order valence-electron chi connectivity index (χ0n) is 14.3. The Bertz CT molecular complexity index is 510. The van der Waals surface area contributed by atoms with E-state index in [-0.39, 0.29) is 5.41 Å². The molecule has 4 fully saturated rings. The maximum absolute atomic E-state index is 10.9. The highest BCUT2D eigenvalue weighted by molar-refractivity contribution is 5.20. The van der Waals surface area contributed by atoms with Crippen molar-refractivity contribution in [2.45, 2.75) is 83.7 Å². The number of rotatable bonds is 0. The maximum atomic E-state index is 10.9. The normalized spacial score (nSPS) is 57.4. The molecule has 22 heavy (non-hydrogen) atoms. The van der Waals surface area contributed by atoms with Gasteiger partial charge in [0.25, 0.3) is 0 Å².